The summed E-state index contributed by atoms with van der Waals surface area (Å²) in [5, 5.41) is 2.35. The average molecular weight is 355 g/mol. The molecule has 0 radical (unpaired) electrons. The third-order valence-corrected chi connectivity index (χ3v) is 3.29. The molecule has 2 aromatic rings. The third-order valence-electron chi connectivity index (χ3n) is 3.29. The van der Waals surface area contributed by atoms with Gasteiger partial charge < -0.3 is 10.1 Å². The van der Waals surface area contributed by atoms with Gasteiger partial charge in [-0.3, -0.25) is 4.79 Å². The molecule has 0 fully saturated rings. The summed E-state index contributed by atoms with van der Waals surface area (Å²) in [7, 11) is 0. The summed E-state index contributed by atoms with van der Waals surface area (Å²) in [4.78, 5) is 23.4. The van der Waals surface area contributed by atoms with Crippen molar-refractivity contribution in [3.05, 3.63) is 70.8 Å². The molecule has 8 heteroatoms. The first-order valence-corrected chi connectivity index (χ1v) is 7.14. The van der Waals surface area contributed by atoms with Crippen molar-refractivity contribution in [1.82, 2.24) is 5.32 Å². The Morgan fingerprint density at radius 2 is 1.60 bits per heavy atom. The Morgan fingerprint density at radius 1 is 1.00 bits per heavy atom. The van der Waals surface area contributed by atoms with Crippen LogP contribution in [0.3, 0.4) is 0 Å². The highest BCUT2D eigenvalue weighted by molar-refractivity contribution is 5.91. The van der Waals surface area contributed by atoms with Gasteiger partial charge in [0.05, 0.1) is 11.6 Å². The summed E-state index contributed by atoms with van der Waals surface area (Å²) in [6.07, 6.45) is 0. The van der Waals surface area contributed by atoms with Crippen LogP contribution in [0, 0.1) is 23.3 Å². The second-order valence-corrected chi connectivity index (χ2v) is 5.16. The second kappa shape index (κ2) is 7.78. The maximum Gasteiger partial charge on any atom is 0.341 e. The van der Waals surface area contributed by atoms with Gasteiger partial charge in [-0.15, -0.1) is 0 Å². The van der Waals surface area contributed by atoms with E-state index in [4.69, 9.17) is 0 Å². The minimum absolute atomic E-state index is 0.0469. The van der Waals surface area contributed by atoms with Crippen molar-refractivity contribution in [2.24, 2.45) is 0 Å². The summed E-state index contributed by atoms with van der Waals surface area (Å²) >= 11 is 0. The molecule has 1 N–H and O–H groups in total. The van der Waals surface area contributed by atoms with Crippen LogP contribution in [-0.2, 0) is 9.53 Å². The van der Waals surface area contributed by atoms with E-state index in [1.54, 1.807) is 0 Å². The van der Waals surface area contributed by atoms with Gasteiger partial charge in [0.15, 0.2) is 6.61 Å². The van der Waals surface area contributed by atoms with Gasteiger partial charge in [-0.25, -0.2) is 22.4 Å². The molecular weight excluding hydrogens is 342 g/mol. The van der Waals surface area contributed by atoms with Crippen LogP contribution in [0.2, 0.25) is 0 Å². The van der Waals surface area contributed by atoms with Gasteiger partial charge in [0.2, 0.25) is 0 Å². The molecule has 1 atom stereocenters. The van der Waals surface area contributed by atoms with Crippen LogP contribution < -0.4 is 5.32 Å². The van der Waals surface area contributed by atoms with E-state index in [2.05, 4.69) is 10.1 Å². The van der Waals surface area contributed by atoms with Crippen molar-refractivity contribution >= 4 is 11.9 Å². The van der Waals surface area contributed by atoms with E-state index < -0.39 is 53.4 Å². The molecule has 0 heterocycles. The van der Waals surface area contributed by atoms with E-state index in [0.29, 0.717) is 12.1 Å². The molecule has 25 heavy (non-hydrogen) atoms. The van der Waals surface area contributed by atoms with Gasteiger partial charge in [0, 0.05) is 17.7 Å². The minimum Gasteiger partial charge on any atom is -0.452 e. The molecular formula is C17H13F4NO3. The lowest BCUT2D eigenvalue weighted by molar-refractivity contribution is -0.124. The van der Waals surface area contributed by atoms with E-state index >= 15 is 0 Å². The van der Waals surface area contributed by atoms with Crippen molar-refractivity contribution in [3.8, 4) is 0 Å². The molecule has 0 aromatic heterocycles. The molecule has 0 bridgehead atoms. The van der Waals surface area contributed by atoms with E-state index in [1.807, 2.05) is 0 Å². The van der Waals surface area contributed by atoms with Gasteiger partial charge in [-0.05, 0) is 25.1 Å². The Hall–Kier alpha value is -2.90. The van der Waals surface area contributed by atoms with Gasteiger partial charge in [-0.1, -0.05) is 6.07 Å². The fourth-order valence-electron chi connectivity index (χ4n) is 2.08. The van der Waals surface area contributed by atoms with Crippen molar-refractivity contribution < 1.29 is 31.9 Å². The zero-order valence-corrected chi connectivity index (χ0v) is 13.0. The number of hydrogen-bond acceptors (Lipinski definition) is 3. The van der Waals surface area contributed by atoms with E-state index in [9.17, 15) is 27.2 Å². The van der Waals surface area contributed by atoms with Crippen LogP contribution in [0.4, 0.5) is 17.6 Å². The van der Waals surface area contributed by atoms with Gasteiger partial charge >= 0.3 is 5.97 Å². The topological polar surface area (TPSA) is 55.4 Å². The molecule has 132 valence electrons. The maximum absolute atomic E-state index is 13.6. The lowest BCUT2D eigenvalue weighted by atomic mass is 10.1. The smallest absolute Gasteiger partial charge is 0.341 e. The number of ether oxygens (including phenoxy) is 1. The molecule has 0 aliphatic rings. The van der Waals surface area contributed by atoms with Crippen LogP contribution in [0.1, 0.15) is 28.9 Å². The number of halogens is 4. The highest BCUT2D eigenvalue weighted by atomic mass is 19.1. The summed E-state index contributed by atoms with van der Waals surface area (Å²) in [5.74, 6) is -5.48. The Morgan fingerprint density at radius 3 is 2.20 bits per heavy atom. The summed E-state index contributed by atoms with van der Waals surface area (Å²) in [6, 6.07) is 4.36. The Kier molecular flexibility index (Phi) is 5.74. The molecule has 0 saturated carbocycles. The first-order chi connectivity index (χ1) is 11.8. The number of carbonyl (C=O) groups is 2. The summed E-state index contributed by atoms with van der Waals surface area (Å²) in [6.45, 7) is 0.707. The third kappa shape index (κ3) is 4.79. The average Bonchev–Trinajstić information content (AvgIpc) is 2.52. The molecule has 0 saturated heterocycles. The quantitative estimate of drug-likeness (QED) is 0.662. The first kappa shape index (κ1) is 18.4. The second-order valence-electron chi connectivity index (χ2n) is 5.16. The fraction of sp³-hybridized carbons (Fsp3) is 0.176. The van der Waals surface area contributed by atoms with Gasteiger partial charge in [-0.2, -0.15) is 0 Å². The number of esters is 1. The number of rotatable bonds is 5. The fourth-order valence-corrected chi connectivity index (χ4v) is 2.08. The minimum atomic E-state index is -1.15. The van der Waals surface area contributed by atoms with Crippen LogP contribution in [0.5, 0.6) is 0 Å². The van der Waals surface area contributed by atoms with Gasteiger partial charge in [0.25, 0.3) is 5.91 Å². The standard InChI is InChI=1S/C17H13F4NO3/c1-9(12-4-2-10(18)6-14(12)20)22-16(23)8-25-17(24)13-5-3-11(19)7-15(13)21/h2-7,9H,8H2,1H3,(H,22,23)/t9-/m1/s1. The molecule has 0 spiro atoms. The predicted molar refractivity (Wildman–Crippen MR) is 79.6 cm³/mol. The van der Waals surface area contributed by atoms with Crippen molar-refractivity contribution in [2.75, 3.05) is 6.61 Å². The number of benzene rings is 2. The molecule has 2 rings (SSSR count). The molecule has 0 aliphatic carbocycles. The Labute approximate surface area is 140 Å². The molecule has 1 amide bonds. The van der Waals surface area contributed by atoms with Crippen molar-refractivity contribution in [1.29, 1.82) is 0 Å². The monoisotopic (exact) mass is 355 g/mol. The zero-order chi connectivity index (χ0) is 18.6. The highest BCUT2D eigenvalue weighted by Gasteiger charge is 2.18. The lowest BCUT2D eigenvalue weighted by Gasteiger charge is -2.15. The summed E-state index contributed by atoms with van der Waals surface area (Å²) < 4.78 is 57.3. The number of amides is 1. The van der Waals surface area contributed by atoms with Gasteiger partial charge in [0.1, 0.15) is 23.3 Å². The van der Waals surface area contributed by atoms with Crippen LogP contribution >= 0.6 is 0 Å². The number of carbonyl (C=O) groups excluding carboxylic acids is 2. The van der Waals surface area contributed by atoms with E-state index in [1.165, 1.54) is 13.0 Å². The SMILES string of the molecule is C[C@@H](NC(=O)COC(=O)c1ccc(F)cc1F)c1ccc(F)cc1F. The molecule has 0 unspecified atom stereocenters. The number of nitrogens with one attached hydrogen (secondary N) is 1. The molecule has 0 aliphatic heterocycles. The van der Waals surface area contributed by atoms with E-state index in [0.717, 1.165) is 18.2 Å². The zero-order valence-electron chi connectivity index (χ0n) is 13.0. The summed E-state index contributed by atoms with van der Waals surface area (Å²) in [5.41, 5.74) is -0.475. The Balaban J connectivity index is 1.92. The highest BCUT2D eigenvalue weighted by Crippen LogP contribution is 2.17. The predicted octanol–water partition coefficient (Wildman–Crippen LogP) is 3.28. The van der Waals surface area contributed by atoms with Crippen LogP contribution in [-0.4, -0.2) is 18.5 Å². The normalized spacial score (nSPS) is 11.7. The van der Waals surface area contributed by atoms with Crippen LogP contribution in [0.15, 0.2) is 36.4 Å². The van der Waals surface area contributed by atoms with Crippen molar-refractivity contribution in [2.45, 2.75) is 13.0 Å². The first-order valence-electron chi connectivity index (χ1n) is 7.14. The lowest BCUT2D eigenvalue weighted by Crippen LogP contribution is -2.31. The number of hydrogen-bond donors (Lipinski definition) is 1. The molecule has 4 nitrogen and oxygen atoms in total. The molecule has 2 aromatic carbocycles. The maximum atomic E-state index is 13.6. The van der Waals surface area contributed by atoms with E-state index in [-0.39, 0.29) is 5.56 Å². The van der Waals surface area contributed by atoms with Crippen LogP contribution in [0.25, 0.3) is 0 Å². The Bertz CT molecular complexity index is 810. The van der Waals surface area contributed by atoms with Crippen molar-refractivity contribution in [3.63, 3.8) is 0 Å². The largest absolute Gasteiger partial charge is 0.452 e.